The maximum atomic E-state index is 12.3. The van der Waals surface area contributed by atoms with Crippen LogP contribution < -0.4 is 10.6 Å². The molecule has 6 heteroatoms. The molecule has 4 amide bonds. The zero-order valence-corrected chi connectivity index (χ0v) is 11.6. The van der Waals surface area contributed by atoms with Crippen LogP contribution >= 0.6 is 0 Å². The van der Waals surface area contributed by atoms with E-state index in [4.69, 9.17) is 0 Å². The molecule has 2 aromatic rings. The van der Waals surface area contributed by atoms with Gasteiger partial charge in [0, 0.05) is 0 Å². The van der Waals surface area contributed by atoms with Gasteiger partial charge >= 0.3 is 12.1 Å². The number of hydrazine groups is 1. The highest BCUT2D eigenvalue weighted by Gasteiger charge is 2.51. The van der Waals surface area contributed by atoms with E-state index in [0.717, 1.165) is 11.1 Å². The smallest absolute Gasteiger partial charge is 0.310 e. The number of amides is 4. The van der Waals surface area contributed by atoms with E-state index in [1.54, 1.807) is 0 Å². The van der Waals surface area contributed by atoms with E-state index in [1.165, 1.54) is 10.0 Å². The zero-order valence-electron chi connectivity index (χ0n) is 11.6. The summed E-state index contributed by atoms with van der Waals surface area (Å²) in [6.07, 6.45) is -0.968. The highest BCUT2D eigenvalue weighted by atomic mass is 16.2. The van der Waals surface area contributed by atoms with Crippen molar-refractivity contribution in [1.29, 1.82) is 0 Å². The molecule has 2 N–H and O–H groups in total. The Morgan fingerprint density at radius 2 is 1.00 bits per heavy atom. The van der Waals surface area contributed by atoms with E-state index < -0.39 is 12.3 Å². The Kier molecular flexibility index (Phi) is 2.75. The summed E-state index contributed by atoms with van der Waals surface area (Å²) >= 11 is 0. The monoisotopic (exact) mass is 294 g/mol. The van der Waals surface area contributed by atoms with E-state index in [9.17, 15) is 9.59 Å². The van der Waals surface area contributed by atoms with Gasteiger partial charge in [-0.3, -0.25) is 0 Å². The Hall–Kier alpha value is -3.02. The molecule has 2 aliphatic heterocycles. The van der Waals surface area contributed by atoms with Crippen LogP contribution in [0.25, 0.3) is 0 Å². The highest BCUT2D eigenvalue weighted by Crippen LogP contribution is 2.36. The van der Waals surface area contributed by atoms with Crippen molar-refractivity contribution in [2.75, 3.05) is 0 Å². The van der Waals surface area contributed by atoms with Crippen LogP contribution in [-0.4, -0.2) is 22.1 Å². The molecule has 0 radical (unpaired) electrons. The molecular formula is C16H14N4O2. The minimum absolute atomic E-state index is 0.291. The molecule has 0 spiro atoms. The summed E-state index contributed by atoms with van der Waals surface area (Å²) in [5.74, 6) is 0. The first-order valence-electron chi connectivity index (χ1n) is 7.05. The second kappa shape index (κ2) is 4.77. The molecule has 0 saturated carbocycles. The second-order valence-electron chi connectivity index (χ2n) is 5.21. The first kappa shape index (κ1) is 12.7. The lowest BCUT2D eigenvalue weighted by atomic mass is 10.2. The Balaban J connectivity index is 1.71. The van der Waals surface area contributed by atoms with Gasteiger partial charge in [0.25, 0.3) is 0 Å². The van der Waals surface area contributed by atoms with Gasteiger partial charge in [0.15, 0.2) is 12.3 Å². The van der Waals surface area contributed by atoms with E-state index in [2.05, 4.69) is 10.6 Å². The van der Waals surface area contributed by atoms with E-state index in [1.807, 2.05) is 60.7 Å². The molecule has 0 bridgehead atoms. The highest BCUT2D eigenvalue weighted by molar-refractivity contribution is 5.88. The third kappa shape index (κ3) is 1.81. The lowest BCUT2D eigenvalue weighted by molar-refractivity contribution is 0.0672. The lowest BCUT2D eigenvalue weighted by Gasteiger charge is -2.24. The summed E-state index contributed by atoms with van der Waals surface area (Å²) in [6.45, 7) is 0. The summed E-state index contributed by atoms with van der Waals surface area (Å²) in [4.78, 5) is 24.7. The molecule has 2 heterocycles. The number of nitrogens with one attached hydrogen (secondary N) is 2. The maximum absolute atomic E-state index is 12.3. The van der Waals surface area contributed by atoms with Crippen molar-refractivity contribution >= 4 is 12.1 Å². The molecule has 22 heavy (non-hydrogen) atoms. The fraction of sp³-hybridized carbons (Fsp3) is 0.125. The van der Waals surface area contributed by atoms with Gasteiger partial charge in [0.2, 0.25) is 0 Å². The summed E-state index contributed by atoms with van der Waals surface area (Å²) in [5, 5.41) is 8.59. The van der Waals surface area contributed by atoms with Crippen molar-refractivity contribution in [2.45, 2.75) is 12.3 Å². The van der Waals surface area contributed by atoms with Gasteiger partial charge in [-0.2, -0.15) is 0 Å². The first-order chi connectivity index (χ1) is 10.8. The number of rotatable bonds is 2. The van der Waals surface area contributed by atoms with Crippen molar-refractivity contribution in [2.24, 2.45) is 0 Å². The van der Waals surface area contributed by atoms with Gasteiger partial charge in [-0.1, -0.05) is 60.7 Å². The maximum Gasteiger partial charge on any atom is 0.340 e. The number of urea groups is 2. The van der Waals surface area contributed by atoms with Crippen LogP contribution in [0, 0.1) is 0 Å². The number of benzene rings is 2. The van der Waals surface area contributed by atoms with Crippen LogP contribution in [0.3, 0.4) is 0 Å². The van der Waals surface area contributed by atoms with E-state index >= 15 is 0 Å². The quantitative estimate of drug-likeness (QED) is 0.893. The Bertz CT molecular complexity index is 656. The molecular weight excluding hydrogens is 280 g/mol. The van der Waals surface area contributed by atoms with E-state index in [-0.39, 0.29) is 12.1 Å². The van der Waals surface area contributed by atoms with Crippen LogP contribution in [0.5, 0.6) is 0 Å². The standard InChI is InChI=1S/C16H14N4O2/c21-15-17-13(11-7-3-1-4-8-11)19-16(22)18-14(20(15)19)12-9-5-2-6-10-12/h1-10,13-14H,(H,17,21)(H,18,22). The zero-order chi connectivity index (χ0) is 15.1. The van der Waals surface area contributed by atoms with Crippen molar-refractivity contribution < 1.29 is 9.59 Å². The average Bonchev–Trinajstić information content (AvgIpc) is 3.09. The number of hydrogen-bond acceptors (Lipinski definition) is 2. The predicted octanol–water partition coefficient (Wildman–Crippen LogP) is 2.35. The van der Waals surface area contributed by atoms with E-state index in [0.29, 0.717) is 0 Å². The van der Waals surface area contributed by atoms with Gasteiger partial charge in [-0.15, -0.1) is 0 Å². The molecule has 2 saturated heterocycles. The summed E-state index contributed by atoms with van der Waals surface area (Å²) in [7, 11) is 0. The lowest BCUT2D eigenvalue weighted by Crippen LogP contribution is -2.36. The van der Waals surface area contributed by atoms with Gasteiger partial charge in [0.05, 0.1) is 0 Å². The van der Waals surface area contributed by atoms with Crippen LogP contribution in [0.2, 0.25) is 0 Å². The fourth-order valence-electron chi connectivity index (χ4n) is 2.89. The summed E-state index contributed by atoms with van der Waals surface area (Å²) in [6, 6.07) is 18.3. The van der Waals surface area contributed by atoms with Crippen molar-refractivity contribution in [3.8, 4) is 0 Å². The molecule has 0 aliphatic carbocycles. The van der Waals surface area contributed by atoms with Crippen LogP contribution in [0.15, 0.2) is 60.7 Å². The number of fused-ring (bicyclic) bond motifs is 1. The average molecular weight is 294 g/mol. The Labute approximate surface area is 127 Å². The molecule has 4 rings (SSSR count). The molecule has 2 atom stereocenters. The predicted molar refractivity (Wildman–Crippen MR) is 79.1 cm³/mol. The Morgan fingerprint density at radius 1 is 0.636 bits per heavy atom. The van der Waals surface area contributed by atoms with Crippen molar-refractivity contribution in [3.05, 3.63) is 71.8 Å². The normalized spacial score (nSPS) is 23.3. The number of nitrogens with zero attached hydrogens (tertiary/aromatic N) is 2. The van der Waals surface area contributed by atoms with Crippen molar-refractivity contribution in [3.63, 3.8) is 0 Å². The van der Waals surface area contributed by atoms with Crippen LogP contribution in [0.4, 0.5) is 9.59 Å². The minimum atomic E-state index is -0.484. The Morgan fingerprint density at radius 3 is 1.36 bits per heavy atom. The molecule has 2 aliphatic rings. The minimum Gasteiger partial charge on any atom is -0.310 e. The fourth-order valence-corrected chi connectivity index (χ4v) is 2.89. The largest absolute Gasteiger partial charge is 0.340 e. The van der Waals surface area contributed by atoms with Gasteiger partial charge in [-0.25, -0.2) is 19.6 Å². The summed E-state index contributed by atoms with van der Waals surface area (Å²) < 4.78 is 0. The molecule has 6 nitrogen and oxygen atoms in total. The summed E-state index contributed by atoms with van der Waals surface area (Å²) in [5.41, 5.74) is 1.73. The van der Waals surface area contributed by atoms with Gasteiger partial charge in [0.1, 0.15) is 0 Å². The molecule has 2 unspecified atom stereocenters. The first-order valence-corrected chi connectivity index (χ1v) is 7.05. The number of carbonyl (C=O) groups is 2. The molecule has 0 aromatic heterocycles. The third-order valence-electron chi connectivity index (χ3n) is 3.89. The topological polar surface area (TPSA) is 64.7 Å². The van der Waals surface area contributed by atoms with Crippen molar-refractivity contribution in [1.82, 2.24) is 20.7 Å². The van der Waals surface area contributed by atoms with Gasteiger partial charge < -0.3 is 10.6 Å². The van der Waals surface area contributed by atoms with Gasteiger partial charge in [-0.05, 0) is 11.1 Å². The number of carbonyl (C=O) groups excluding carboxylic acids is 2. The second-order valence-corrected chi connectivity index (χ2v) is 5.21. The van der Waals surface area contributed by atoms with Crippen LogP contribution in [-0.2, 0) is 0 Å². The third-order valence-corrected chi connectivity index (χ3v) is 3.89. The number of hydrogen-bond donors (Lipinski definition) is 2. The molecule has 2 fully saturated rings. The molecule has 2 aromatic carbocycles. The molecule has 110 valence electrons. The van der Waals surface area contributed by atoms with Crippen LogP contribution in [0.1, 0.15) is 23.5 Å². The SMILES string of the molecule is O=C1NC(c2ccccc2)N2C(=O)NC(c3ccccc3)N12.